The number of aliphatic imine (C=N–C) groups is 1. The Bertz CT molecular complexity index is 248. The molecule has 1 N–H and O–H groups in total. The Labute approximate surface area is 97.3 Å². The van der Waals surface area contributed by atoms with E-state index in [1.54, 1.807) is 0 Å². The van der Waals surface area contributed by atoms with Crippen molar-refractivity contribution >= 4 is 16.9 Å². The Hall–Kier alpha value is -0.180. The Balaban J connectivity index is 1.67. The molecule has 0 spiro atoms. The SMILES string of the molecule is CCC1(C)CSC(=NCCCC2CC2)N1. The molecule has 1 unspecified atom stereocenters. The molecule has 2 fully saturated rings. The lowest BCUT2D eigenvalue weighted by atomic mass is 10.0. The zero-order valence-corrected chi connectivity index (χ0v) is 10.7. The van der Waals surface area contributed by atoms with Crippen molar-refractivity contribution in [1.29, 1.82) is 0 Å². The third-order valence-electron chi connectivity index (χ3n) is 3.44. The fourth-order valence-corrected chi connectivity index (χ4v) is 3.03. The van der Waals surface area contributed by atoms with E-state index in [0.717, 1.165) is 12.5 Å². The maximum atomic E-state index is 4.63. The molecule has 0 bridgehead atoms. The average molecular weight is 226 g/mol. The van der Waals surface area contributed by atoms with E-state index in [-0.39, 0.29) is 0 Å². The van der Waals surface area contributed by atoms with Crippen LogP contribution < -0.4 is 5.32 Å². The van der Waals surface area contributed by atoms with Gasteiger partial charge in [-0.05, 0) is 32.1 Å². The van der Waals surface area contributed by atoms with Gasteiger partial charge in [0, 0.05) is 17.8 Å². The highest BCUT2D eigenvalue weighted by Gasteiger charge is 2.30. The van der Waals surface area contributed by atoms with Gasteiger partial charge in [-0.2, -0.15) is 0 Å². The molecule has 1 saturated carbocycles. The van der Waals surface area contributed by atoms with Crippen molar-refractivity contribution in [3.8, 4) is 0 Å². The summed E-state index contributed by atoms with van der Waals surface area (Å²) in [6, 6.07) is 0. The van der Waals surface area contributed by atoms with E-state index in [0.29, 0.717) is 5.54 Å². The summed E-state index contributed by atoms with van der Waals surface area (Å²) >= 11 is 1.89. The summed E-state index contributed by atoms with van der Waals surface area (Å²) in [4.78, 5) is 4.63. The van der Waals surface area contributed by atoms with Crippen LogP contribution in [0.25, 0.3) is 0 Å². The first-order chi connectivity index (χ1) is 7.22. The minimum Gasteiger partial charge on any atom is -0.359 e. The van der Waals surface area contributed by atoms with Crippen molar-refractivity contribution < 1.29 is 0 Å². The predicted octanol–water partition coefficient (Wildman–Crippen LogP) is 3.04. The van der Waals surface area contributed by atoms with Gasteiger partial charge in [-0.1, -0.05) is 31.5 Å². The van der Waals surface area contributed by atoms with E-state index in [1.807, 2.05) is 11.8 Å². The normalized spacial score (nSPS) is 33.3. The molecule has 1 aliphatic heterocycles. The minimum atomic E-state index is 0.292. The second-order valence-electron chi connectivity index (χ2n) is 5.10. The van der Waals surface area contributed by atoms with Gasteiger partial charge in [-0.25, -0.2) is 0 Å². The van der Waals surface area contributed by atoms with Gasteiger partial charge in [-0.3, -0.25) is 4.99 Å². The fourth-order valence-electron chi connectivity index (χ4n) is 1.80. The monoisotopic (exact) mass is 226 g/mol. The fraction of sp³-hybridized carbons (Fsp3) is 0.917. The molecule has 2 rings (SSSR count). The standard InChI is InChI=1S/C12H22N2S/c1-3-12(2)9-15-11(14-12)13-8-4-5-10-6-7-10/h10H,3-9H2,1-2H3,(H,13,14). The van der Waals surface area contributed by atoms with Gasteiger partial charge in [-0.15, -0.1) is 0 Å². The van der Waals surface area contributed by atoms with Crippen molar-refractivity contribution in [1.82, 2.24) is 5.32 Å². The molecule has 3 heteroatoms. The van der Waals surface area contributed by atoms with Gasteiger partial charge in [0.15, 0.2) is 5.17 Å². The van der Waals surface area contributed by atoms with Crippen molar-refractivity contribution in [2.24, 2.45) is 10.9 Å². The number of nitrogens with zero attached hydrogens (tertiary/aromatic N) is 1. The first-order valence-corrected chi connectivity index (χ1v) is 7.16. The molecule has 2 nitrogen and oxygen atoms in total. The summed E-state index contributed by atoms with van der Waals surface area (Å²) in [5.41, 5.74) is 0.292. The van der Waals surface area contributed by atoms with Crippen molar-refractivity contribution in [3.63, 3.8) is 0 Å². The first kappa shape index (κ1) is 11.3. The van der Waals surface area contributed by atoms with Crippen LogP contribution in [0.5, 0.6) is 0 Å². The van der Waals surface area contributed by atoms with Crippen LogP contribution in [0, 0.1) is 5.92 Å². The first-order valence-electron chi connectivity index (χ1n) is 6.17. The highest BCUT2D eigenvalue weighted by atomic mass is 32.2. The van der Waals surface area contributed by atoms with Gasteiger partial charge < -0.3 is 5.32 Å². The van der Waals surface area contributed by atoms with Crippen LogP contribution in [0.2, 0.25) is 0 Å². The third-order valence-corrected chi connectivity index (χ3v) is 4.73. The molecule has 1 heterocycles. The lowest BCUT2D eigenvalue weighted by Gasteiger charge is -2.20. The highest BCUT2D eigenvalue weighted by molar-refractivity contribution is 8.14. The van der Waals surface area contributed by atoms with Gasteiger partial charge in [0.25, 0.3) is 0 Å². The summed E-state index contributed by atoms with van der Waals surface area (Å²) < 4.78 is 0. The zero-order valence-electron chi connectivity index (χ0n) is 9.88. The van der Waals surface area contributed by atoms with Crippen molar-refractivity contribution in [3.05, 3.63) is 0 Å². The maximum absolute atomic E-state index is 4.63. The number of hydrogen-bond acceptors (Lipinski definition) is 2. The van der Waals surface area contributed by atoms with Gasteiger partial charge >= 0.3 is 0 Å². The number of thioether (sulfide) groups is 1. The van der Waals surface area contributed by atoms with Crippen LogP contribution >= 0.6 is 11.8 Å². The Kier molecular flexibility index (Phi) is 3.60. The van der Waals surface area contributed by atoms with E-state index in [9.17, 15) is 0 Å². The molecule has 15 heavy (non-hydrogen) atoms. The van der Waals surface area contributed by atoms with Crippen molar-refractivity contribution in [2.45, 2.75) is 51.5 Å². The lowest BCUT2D eigenvalue weighted by molar-refractivity contribution is 0.466. The number of nitrogens with one attached hydrogen (secondary N) is 1. The minimum absolute atomic E-state index is 0.292. The smallest absolute Gasteiger partial charge is 0.157 e. The van der Waals surface area contributed by atoms with E-state index in [4.69, 9.17) is 0 Å². The Morgan fingerprint density at radius 2 is 2.33 bits per heavy atom. The molecule has 86 valence electrons. The Morgan fingerprint density at radius 3 is 2.93 bits per heavy atom. The summed E-state index contributed by atoms with van der Waals surface area (Å²) in [5.74, 6) is 2.22. The largest absolute Gasteiger partial charge is 0.359 e. The molecule has 1 atom stereocenters. The third kappa shape index (κ3) is 3.40. The molecule has 0 aromatic heterocycles. The predicted molar refractivity (Wildman–Crippen MR) is 68.5 cm³/mol. The van der Waals surface area contributed by atoms with Crippen LogP contribution in [0.1, 0.15) is 46.0 Å². The summed E-state index contributed by atoms with van der Waals surface area (Å²) in [6.07, 6.45) is 6.79. The molecular weight excluding hydrogens is 204 g/mol. The lowest BCUT2D eigenvalue weighted by Crippen LogP contribution is -2.39. The van der Waals surface area contributed by atoms with Crippen LogP contribution in [-0.4, -0.2) is 23.0 Å². The topological polar surface area (TPSA) is 24.4 Å². The molecule has 1 aliphatic carbocycles. The number of amidine groups is 1. The number of rotatable bonds is 5. The average Bonchev–Trinajstić information content (AvgIpc) is 2.98. The summed E-state index contributed by atoms with van der Waals surface area (Å²) in [7, 11) is 0. The van der Waals surface area contributed by atoms with Gasteiger partial charge in [0.05, 0.1) is 0 Å². The maximum Gasteiger partial charge on any atom is 0.157 e. The van der Waals surface area contributed by atoms with Crippen LogP contribution in [0.4, 0.5) is 0 Å². The molecule has 0 amide bonds. The quantitative estimate of drug-likeness (QED) is 0.729. The van der Waals surface area contributed by atoms with Crippen LogP contribution in [0.3, 0.4) is 0 Å². The van der Waals surface area contributed by atoms with E-state index in [2.05, 4.69) is 24.2 Å². The van der Waals surface area contributed by atoms with Crippen LogP contribution in [-0.2, 0) is 0 Å². The molecule has 0 aromatic carbocycles. The van der Waals surface area contributed by atoms with Gasteiger partial charge in [0.2, 0.25) is 0 Å². The highest BCUT2D eigenvalue weighted by Crippen LogP contribution is 2.33. The molecular formula is C12H22N2S. The molecule has 2 aliphatic rings. The van der Waals surface area contributed by atoms with Crippen LogP contribution in [0.15, 0.2) is 4.99 Å². The molecule has 0 aromatic rings. The second kappa shape index (κ2) is 4.77. The number of hydrogen-bond donors (Lipinski definition) is 1. The van der Waals surface area contributed by atoms with E-state index in [1.165, 1.54) is 43.0 Å². The zero-order chi connectivity index (χ0) is 10.7. The molecule has 0 radical (unpaired) electrons. The van der Waals surface area contributed by atoms with E-state index < -0.39 is 0 Å². The molecule has 1 saturated heterocycles. The van der Waals surface area contributed by atoms with Crippen molar-refractivity contribution in [2.75, 3.05) is 12.3 Å². The van der Waals surface area contributed by atoms with E-state index >= 15 is 0 Å². The summed E-state index contributed by atoms with van der Waals surface area (Å²) in [6.45, 7) is 5.54. The van der Waals surface area contributed by atoms with Gasteiger partial charge in [0.1, 0.15) is 0 Å². The Morgan fingerprint density at radius 1 is 1.53 bits per heavy atom. The second-order valence-corrected chi connectivity index (χ2v) is 6.06. The summed E-state index contributed by atoms with van der Waals surface area (Å²) in [5, 5.41) is 4.71.